The quantitative estimate of drug-likeness (QED) is 0.413. The van der Waals surface area contributed by atoms with Crippen molar-refractivity contribution in [3.05, 3.63) is 71.7 Å². The van der Waals surface area contributed by atoms with Crippen LogP contribution in [0, 0.1) is 5.82 Å². The van der Waals surface area contributed by atoms with Crippen LogP contribution in [0.2, 0.25) is 0 Å². The fraction of sp³-hybridized carbons (Fsp3) is 0.464. The van der Waals surface area contributed by atoms with Crippen molar-refractivity contribution in [2.75, 3.05) is 19.6 Å². The van der Waals surface area contributed by atoms with Crippen LogP contribution in [0.1, 0.15) is 56.6 Å². The standard InChI is InChI=1S/C28H36FN3O/c1-2-24-11-7-8-18-31(24)19-9-17-30-28(33)16-15-22-20-32(27-14-6-4-12-25(22)27)21-23-10-3-5-13-26(23)29/h3-6,10,12-14,20,24H,2,7-9,11,15-19,21H2,1H3,(H,30,33)/t24-/m1/s1. The fourth-order valence-electron chi connectivity index (χ4n) is 5.13. The molecule has 0 saturated carbocycles. The Kier molecular flexibility index (Phi) is 8.16. The second-order valence-electron chi connectivity index (χ2n) is 9.19. The van der Waals surface area contributed by atoms with Gasteiger partial charge in [-0.15, -0.1) is 0 Å². The summed E-state index contributed by atoms with van der Waals surface area (Å²) in [5.74, 6) is -0.0855. The lowest BCUT2D eigenvalue weighted by atomic mass is 10.00. The highest BCUT2D eigenvalue weighted by molar-refractivity contribution is 5.85. The van der Waals surface area contributed by atoms with Gasteiger partial charge in [0.2, 0.25) is 5.91 Å². The third-order valence-corrected chi connectivity index (χ3v) is 6.96. The molecule has 1 N–H and O–H groups in total. The Morgan fingerprint density at radius 3 is 2.76 bits per heavy atom. The second kappa shape index (κ2) is 11.5. The number of piperidine rings is 1. The number of rotatable bonds is 10. The highest BCUT2D eigenvalue weighted by atomic mass is 19.1. The molecule has 2 heterocycles. The van der Waals surface area contributed by atoms with E-state index in [4.69, 9.17) is 0 Å². The van der Waals surface area contributed by atoms with E-state index in [0.29, 0.717) is 24.9 Å². The van der Waals surface area contributed by atoms with Crippen molar-refractivity contribution in [1.82, 2.24) is 14.8 Å². The second-order valence-corrected chi connectivity index (χ2v) is 9.19. The Balaban J connectivity index is 1.30. The minimum Gasteiger partial charge on any atom is -0.356 e. The zero-order valence-corrected chi connectivity index (χ0v) is 19.7. The van der Waals surface area contributed by atoms with Gasteiger partial charge in [0, 0.05) is 48.2 Å². The smallest absolute Gasteiger partial charge is 0.220 e. The summed E-state index contributed by atoms with van der Waals surface area (Å²) in [7, 11) is 0. The van der Waals surface area contributed by atoms with Gasteiger partial charge in [0.1, 0.15) is 5.82 Å². The van der Waals surface area contributed by atoms with E-state index in [2.05, 4.69) is 40.0 Å². The van der Waals surface area contributed by atoms with Crippen LogP contribution < -0.4 is 5.32 Å². The van der Waals surface area contributed by atoms with Crippen LogP contribution >= 0.6 is 0 Å². The van der Waals surface area contributed by atoms with Crippen molar-refractivity contribution in [2.24, 2.45) is 0 Å². The maximum Gasteiger partial charge on any atom is 0.220 e. The van der Waals surface area contributed by atoms with E-state index in [1.165, 1.54) is 38.3 Å². The van der Waals surface area contributed by atoms with E-state index < -0.39 is 0 Å². The number of aromatic nitrogens is 1. The molecule has 0 unspecified atom stereocenters. The summed E-state index contributed by atoms with van der Waals surface area (Å²) >= 11 is 0. The van der Waals surface area contributed by atoms with Gasteiger partial charge in [-0.1, -0.05) is 49.7 Å². The maximum atomic E-state index is 14.2. The number of aryl methyl sites for hydroxylation is 1. The molecule has 0 radical (unpaired) electrons. The molecule has 4 rings (SSSR count). The molecule has 33 heavy (non-hydrogen) atoms. The average Bonchev–Trinajstić information content (AvgIpc) is 3.19. The molecule has 3 aromatic rings. The highest BCUT2D eigenvalue weighted by Gasteiger charge is 2.20. The molecule has 5 heteroatoms. The van der Waals surface area contributed by atoms with Crippen LogP contribution in [0.15, 0.2) is 54.7 Å². The lowest BCUT2D eigenvalue weighted by Crippen LogP contribution is -2.40. The minimum absolute atomic E-state index is 0.103. The van der Waals surface area contributed by atoms with Crippen LogP contribution in [0.3, 0.4) is 0 Å². The van der Waals surface area contributed by atoms with Gasteiger partial charge in [0.05, 0.1) is 6.54 Å². The summed E-state index contributed by atoms with van der Waals surface area (Å²) in [6.45, 7) is 5.76. The van der Waals surface area contributed by atoms with Gasteiger partial charge in [-0.3, -0.25) is 4.79 Å². The van der Waals surface area contributed by atoms with Crippen molar-refractivity contribution in [1.29, 1.82) is 0 Å². The maximum absolute atomic E-state index is 14.2. The summed E-state index contributed by atoms with van der Waals surface area (Å²) in [4.78, 5) is 15.1. The number of carbonyl (C=O) groups excluding carboxylic acids is 1. The first-order valence-corrected chi connectivity index (χ1v) is 12.5. The average molecular weight is 450 g/mol. The van der Waals surface area contributed by atoms with E-state index in [-0.39, 0.29) is 11.7 Å². The molecule has 1 aromatic heterocycles. The largest absolute Gasteiger partial charge is 0.356 e. The number of carbonyl (C=O) groups is 1. The number of hydrogen-bond donors (Lipinski definition) is 1. The predicted molar refractivity (Wildman–Crippen MR) is 133 cm³/mol. The SMILES string of the molecule is CC[C@@H]1CCCCN1CCCNC(=O)CCc1cn(Cc2ccccc2F)c2ccccc12. The zero-order valence-electron chi connectivity index (χ0n) is 19.7. The van der Waals surface area contributed by atoms with E-state index in [0.717, 1.165) is 42.0 Å². The molecule has 0 aliphatic carbocycles. The number of para-hydroxylation sites is 1. The number of benzene rings is 2. The van der Waals surface area contributed by atoms with Gasteiger partial charge in [-0.25, -0.2) is 4.39 Å². The van der Waals surface area contributed by atoms with Gasteiger partial charge in [-0.05, 0) is 56.3 Å². The lowest BCUT2D eigenvalue weighted by Gasteiger charge is -2.35. The monoisotopic (exact) mass is 449 g/mol. The molecule has 1 saturated heterocycles. The first-order valence-electron chi connectivity index (χ1n) is 12.5. The van der Waals surface area contributed by atoms with Crippen molar-refractivity contribution in [2.45, 2.75) is 64.5 Å². The molecule has 1 aliphatic heterocycles. The predicted octanol–water partition coefficient (Wildman–Crippen LogP) is 5.53. The number of nitrogens with one attached hydrogen (secondary N) is 1. The molecular weight excluding hydrogens is 413 g/mol. The summed E-state index contributed by atoms with van der Waals surface area (Å²) in [6.07, 6.45) is 9.41. The first kappa shape index (κ1) is 23.5. The molecular formula is C28H36FN3O. The number of hydrogen-bond acceptors (Lipinski definition) is 2. The number of likely N-dealkylation sites (tertiary alicyclic amines) is 1. The van der Waals surface area contributed by atoms with Crippen molar-refractivity contribution in [3.8, 4) is 0 Å². The summed E-state index contributed by atoms with van der Waals surface area (Å²) in [6, 6.07) is 15.8. The molecule has 1 fully saturated rings. The third kappa shape index (κ3) is 6.02. The van der Waals surface area contributed by atoms with Crippen LogP contribution in [0.25, 0.3) is 10.9 Å². The Morgan fingerprint density at radius 2 is 1.91 bits per heavy atom. The van der Waals surface area contributed by atoms with Crippen molar-refractivity contribution < 1.29 is 9.18 Å². The van der Waals surface area contributed by atoms with Crippen LogP contribution in [-0.2, 0) is 17.8 Å². The van der Waals surface area contributed by atoms with Crippen LogP contribution in [0.4, 0.5) is 4.39 Å². The molecule has 1 amide bonds. The van der Waals surface area contributed by atoms with E-state index in [1.807, 2.05) is 24.3 Å². The van der Waals surface area contributed by atoms with Crippen LogP contribution in [-0.4, -0.2) is 41.1 Å². The molecule has 176 valence electrons. The number of halogens is 1. The van der Waals surface area contributed by atoms with E-state index >= 15 is 0 Å². The van der Waals surface area contributed by atoms with Gasteiger partial charge in [0.25, 0.3) is 0 Å². The lowest BCUT2D eigenvalue weighted by molar-refractivity contribution is -0.121. The minimum atomic E-state index is -0.189. The van der Waals surface area contributed by atoms with Crippen molar-refractivity contribution >= 4 is 16.8 Å². The molecule has 0 bridgehead atoms. The molecule has 1 aliphatic rings. The molecule has 0 spiro atoms. The summed E-state index contributed by atoms with van der Waals surface area (Å²) < 4.78 is 16.3. The fourth-order valence-corrected chi connectivity index (χ4v) is 5.13. The van der Waals surface area contributed by atoms with Crippen molar-refractivity contribution in [3.63, 3.8) is 0 Å². The topological polar surface area (TPSA) is 37.3 Å². The molecule has 2 aromatic carbocycles. The number of amides is 1. The first-order chi connectivity index (χ1) is 16.2. The Labute approximate surface area is 196 Å². The van der Waals surface area contributed by atoms with Gasteiger partial charge in [0.15, 0.2) is 0 Å². The Hall–Kier alpha value is -2.66. The highest BCUT2D eigenvalue weighted by Crippen LogP contribution is 2.24. The van der Waals surface area contributed by atoms with Gasteiger partial charge >= 0.3 is 0 Å². The normalized spacial score (nSPS) is 16.8. The van der Waals surface area contributed by atoms with Gasteiger partial charge in [-0.2, -0.15) is 0 Å². The molecule has 4 nitrogen and oxygen atoms in total. The molecule has 1 atom stereocenters. The summed E-state index contributed by atoms with van der Waals surface area (Å²) in [5.41, 5.74) is 2.88. The van der Waals surface area contributed by atoms with E-state index in [9.17, 15) is 9.18 Å². The van der Waals surface area contributed by atoms with Gasteiger partial charge < -0.3 is 14.8 Å². The number of fused-ring (bicyclic) bond motifs is 1. The number of nitrogens with zero attached hydrogens (tertiary/aromatic N) is 2. The Bertz CT molecular complexity index is 1060. The zero-order chi connectivity index (χ0) is 23.0. The summed E-state index contributed by atoms with van der Waals surface area (Å²) in [5, 5.41) is 4.24. The Morgan fingerprint density at radius 1 is 1.09 bits per heavy atom. The third-order valence-electron chi connectivity index (χ3n) is 6.96. The van der Waals surface area contributed by atoms with E-state index in [1.54, 1.807) is 6.07 Å². The van der Waals surface area contributed by atoms with Crippen LogP contribution in [0.5, 0.6) is 0 Å².